The number of hydrogen-bond acceptors (Lipinski definition) is 4. The van der Waals surface area contributed by atoms with E-state index in [1.807, 2.05) is 54.6 Å². The highest BCUT2D eigenvalue weighted by molar-refractivity contribution is 5.91. The molecule has 0 aliphatic carbocycles. The Morgan fingerprint density at radius 3 is 2.57 bits per heavy atom. The summed E-state index contributed by atoms with van der Waals surface area (Å²) in [5.74, 6) is 0.446. The molecule has 0 radical (unpaired) electrons. The summed E-state index contributed by atoms with van der Waals surface area (Å²) in [5.41, 5.74) is 7.11. The molecule has 0 saturated carbocycles. The maximum absolute atomic E-state index is 11.8. The molecule has 0 fully saturated rings. The van der Waals surface area contributed by atoms with Gasteiger partial charge in [-0.3, -0.25) is 4.79 Å². The Bertz CT molecular complexity index is 573. The minimum atomic E-state index is -0.193. The van der Waals surface area contributed by atoms with Gasteiger partial charge in [0.1, 0.15) is 5.75 Å². The normalized spacial score (nSPS) is 9.95. The minimum Gasteiger partial charge on any atom is -0.484 e. The first-order valence-corrected chi connectivity index (χ1v) is 6.79. The highest BCUT2D eigenvalue weighted by Crippen LogP contribution is 2.17. The van der Waals surface area contributed by atoms with Crippen molar-refractivity contribution < 1.29 is 9.53 Å². The van der Waals surface area contributed by atoms with Crippen LogP contribution >= 0.6 is 0 Å². The highest BCUT2D eigenvalue weighted by Gasteiger charge is 2.03. The quantitative estimate of drug-likeness (QED) is 0.728. The standard InChI is InChI=1S/C16H19N3O2/c17-9-10-18-14-7-4-8-15(11-14)21-12-16(20)19-13-5-2-1-3-6-13/h1-8,11,18H,9-10,12,17H2,(H,19,20). The van der Waals surface area contributed by atoms with E-state index in [2.05, 4.69) is 10.6 Å². The molecular weight excluding hydrogens is 266 g/mol. The summed E-state index contributed by atoms with van der Waals surface area (Å²) in [6, 6.07) is 16.7. The number of carbonyl (C=O) groups is 1. The number of para-hydroxylation sites is 1. The maximum Gasteiger partial charge on any atom is 0.262 e. The number of amides is 1. The van der Waals surface area contributed by atoms with Crippen LogP contribution in [0.3, 0.4) is 0 Å². The highest BCUT2D eigenvalue weighted by atomic mass is 16.5. The van der Waals surface area contributed by atoms with E-state index in [4.69, 9.17) is 10.5 Å². The van der Waals surface area contributed by atoms with E-state index in [1.165, 1.54) is 0 Å². The van der Waals surface area contributed by atoms with Crippen molar-refractivity contribution in [1.29, 1.82) is 0 Å². The molecule has 5 heteroatoms. The number of carbonyl (C=O) groups excluding carboxylic acids is 1. The van der Waals surface area contributed by atoms with Crippen molar-refractivity contribution in [3.63, 3.8) is 0 Å². The molecule has 0 aliphatic heterocycles. The molecule has 0 unspecified atom stereocenters. The molecule has 1 amide bonds. The van der Waals surface area contributed by atoms with Gasteiger partial charge in [-0.05, 0) is 24.3 Å². The minimum absolute atomic E-state index is 0.0325. The molecule has 0 aliphatic rings. The first-order valence-electron chi connectivity index (χ1n) is 6.79. The molecule has 0 aromatic heterocycles. The zero-order valence-corrected chi connectivity index (χ0v) is 11.7. The van der Waals surface area contributed by atoms with Crippen molar-refractivity contribution in [3.05, 3.63) is 54.6 Å². The van der Waals surface area contributed by atoms with E-state index in [-0.39, 0.29) is 12.5 Å². The van der Waals surface area contributed by atoms with Gasteiger partial charge in [0.15, 0.2) is 6.61 Å². The lowest BCUT2D eigenvalue weighted by Gasteiger charge is -2.09. The largest absolute Gasteiger partial charge is 0.484 e. The first-order chi connectivity index (χ1) is 10.3. The van der Waals surface area contributed by atoms with Gasteiger partial charge in [0.2, 0.25) is 0 Å². The molecule has 2 aromatic rings. The van der Waals surface area contributed by atoms with Gasteiger partial charge in [0.05, 0.1) is 0 Å². The second kappa shape index (κ2) is 7.91. The fourth-order valence-corrected chi connectivity index (χ4v) is 1.78. The summed E-state index contributed by atoms with van der Waals surface area (Å²) in [6.45, 7) is 1.22. The molecule has 2 aromatic carbocycles. The van der Waals surface area contributed by atoms with E-state index >= 15 is 0 Å². The molecule has 0 saturated heterocycles. The lowest BCUT2D eigenvalue weighted by atomic mass is 10.3. The van der Waals surface area contributed by atoms with Crippen LogP contribution in [0.2, 0.25) is 0 Å². The zero-order valence-electron chi connectivity index (χ0n) is 11.7. The van der Waals surface area contributed by atoms with Crippen LogP contribution in [0.15, 0.2) is 54.6 Å². The van der Waals surface area contributed by atoms with E-state index in [0.29, 0.717) is 18.8 Å². The Morgan fingerprint density at radius 2 is 1.81 bits per heavy atom. The van der Waals surface area contributed by atoms with Gasteiger partial charge in [-0.15, -0.1) is 0 Å². The lowest BCUT2D eigenvalue weighted by molar-refractivity contribution is -0.118. The van der Waals surface area contributed by atoms with Crippen LogP contribution in [0.5, 0.6) is 5.75 Å². The van der Waals surface area contributed by atoms with Gasteiger partial charge in [-0.2, -0.15) is 0 Å². The van der Waals surface area contributed by atoms with Crippen molar-refractivity contribution >= 4 is 17.3 Å². The van der Waals surface area contributed by atoms with Gasteiger partial charge in [-0.25, -0.2) is 0 Å². The molecule has 5 nitrogen and oxygen atoms in total. The Kier molecular flexibility index (Phi) is 5.60. The van der Waals surface area contributed by atoms with Crippen LogP contribution < -0.4 is 21.1 Å². The van der Waals surface area contributed by atoms with Crippen LogP contribution in [0.25, 0.3) is 0 Å². The first kappa shape index (κ1) is 14.9. The van der Waals surface area contributed by atoms with Gasteiger partial charge >= 0.3 is 0 Å². The number of nitrogens with one attached hydrogen (secondary N) is 2. The second-order valence-electron chi connectivity index (χ2n) is 4.45. The summed E-state index contributed by atoms with van der Waals surface area (Å²) in [4.78, 5) is 11.8. The van der Waals surface area contributed by atoms with Gasteiger partial charge < -0.3 is 21.1 Å². The van der Waals surface area contributed by atoms with Crippen LogP contribution in [-0.2, 0) is 4.79 Å². The number of benzene rings is 2. The molecule has 4 N–H and O–H groups in total. The number of rotatable bonds is 7. The Morgan fingerprint density at radius 1 is 1.05 bits per heavy atom. The predicted octanol–water partition coefficient (Wildman–Crippen LogP) is 2.07. The molecule has 0 spiro atoms. The van der Waals surface area contributed by atoms with Crippen molar-refractivity contribution in [3.8, 4) is 5.75 Å². The second-order valence-corrected chi connectivity index (χ2v) is 4.45. The summed E-state index contributed by atoms with van der Waals surface area (Å²) in [7, 11) is 0. The number of nitrogens with two attached hydrogens (primary N) is 1. The number of ether oxygens (including phenoxy) is 1. The smallest absolute Gasteiger partial charge is 0.262 e. The van der Waals surface area contributed by atoms with Gasteiger partial charge in [0.25, 0.3) is 5.91 Å². The van der Waals surface area contributed by atoms with Crippen molar-refractivity contribution in [2.75, 3.05) is 30.3 Å². The van der Waals surface area contributed by atoms with E-state index in [0.717, 1.165) is 11.4 Å². The van der Waals surface area contributed by atoms with Crippen molar-refractivity contribution in [1.82, 2.24) is 0 Å². The average Bonchev–Trinajstić information content (AvgIpc) is 2.52. The van der Waals surface area contributed by atoms with Crippen LogP contribution in [0, 0.1) is 0 Å². The average molecular weight is 285 g/mol. The van der Waals surface area contributed by atoms with Gasteiger partial charge in [0, 0.05) is 30.5 Å². The van der Waals surface area contributed by atoms with E-state index in [9.17, 15) is 4.79 Å². The Balaban J connectivity index is 1.83. The third kappa shape index (κ3) is 5.16. The summed E-state index contributed by atoms with van der Waals surface area (Å²) in [5, 5.41) is 5.92. The maximum atomic E-state index is 11.8. The molecule has 2 rings (SSSR count). The molecule has 21 heavy (non-hydrogen) atoms. The van der Waals surface area contributed by atoms with Gasteiger partial charge in [-0.1, -0.05) is 24.3 Å². The van der Waals surface area contributed by atoms with Crippen LogP contribution in [-0.4, -0.2) is 25.6 Å². The topological polar surface area (TPSA) is 76.4 Å². The monoisotopic (exact) mass is 285 g/mol. The SMILES string of the molecule is NCCNc1cccc(OCC(=O)Nc2ccccc2)c1. The third-order valence-electron chi connectivity index (χ3n) is 2.73. The third-order valence-corrected chi connectivity index (χ3v) is 2.73. The molecule has 0 heterocycles. The molecule has 0 atom stereocenters. The van der Waals surface area contributed by atoms with Crippen molar-refractivity contribution in [2.24, 2.45) is 5.73 Å². The lowest BCUT2D eigenvalue weighted by Crippen LogP contribution is -2.20. The molecule has 110 valence electrons. The summed E-state index contributed by atoms with van der Waals surface area (Å²) in [6.07, 6.45) is 0. The number of hydrogen-bond donors (Lipinski definition) is 3. The fraction of sp³-hybridized carbons (Fsp3) is 0.188. The van der Waals surface area contributed by atoms with Crippen LogP contribution in [0.4, 0.5) is 11.4 Å². The summed E-state index contributed by atoms with van der Waals surface area (Å²) < 4.78 is 5.48. The fourth-order valence-electron chi connectivity index (χ4n) is 1.78. The Hall–Kier alpha value is -2.53. The number of anilines is 2. The molecular formula is C16H19N3O2. The zero-order chi connectivity index (χ0) is 14.9. The molecule has 0 bridgehead atoms. The van der Waals surface area contributed by atoms with E-state index < -0.39 is 0 Å². The van der Waals surface area contributed by atoms with Crippen molar-refractivity contribution in [2.45, 2.75) is 0 Å². The Labute approximate surface area is 124 Å². The van der Waals surface area contributed by atoms with E-state index in [1.54, 1.807) is 0 Å². The van der Waals surface area contributed by atoms with Crippen LogP contribution in [0.1, 0.15) is 0 Å². The summed E-state index contributed by atoms with van der Waals surface area (Å²) >= 11 is 0. The predicted molar refractivity (Wildman–Crippen MR) is 84.6 cm³/mol.